The molecule has 2 aromatic carbocycles. The minimum absolute atomic E-state index is 0.101. The number of rotatable bonds is 8. The number of esters is 1. The Hall–Kier alpha value is -3.72. The van der Waals surface area contributed by atoms with Gasteiger partial charge < -0.3 is 14.8 Å². The standard InChI is InChI=1S/C23H22N2O6S/c1-4-30-23(27)21-18(16-6-5-7-17(11-16)25(28)29)13-32-22(21)24-20(26)12-31-19-10-14(2)8-9-15(19)3/h5-11,13H,4,12H2,1-3H3,(H,24,26). The van der Waals surface area contributed by atoms with E-state index in [1.165, 1.54) is 18.2 Å². The monoisotopic (exact) mass is 454 g/mol. The Morgan fingerprint density at radius 3 is 2.66 bits per heavy atom. The third kappa shape index (κ3) is 5.30. The van der Waals surface area contributed by atoms with Crippen molar-refractivity contribution in [3.8, 4) is 16.9 Å². The number of thiophene rings is 1. The van der Waals surface area contributed by atoms with Crippen LogP contribution in [0, 0.1) is 24.0 Å². The number of hydrogen-bond acceptors (Lipinski definition) is 7. The second kappa shape index (κ2) is 10.1. The van der Waals surface area contributed by atoms with Crippen LogP contribution in [0.15, 0.2) is 47.8 Å². The number of nitrogens with zero attached hydrogens (tertiary/aromatic N) is 1. The molecular formula is C23H22N2O6S. The number of ether oxygens (including phenoxy) is 2. The average molecular weight is 455 g/mol. The number of carbonyl (C=O) groups excluding carboxylic acids is 2. The van der Waals surface area contributed by atoms with Crippen LogP contribution in [0.2, 0.25) is 0 Å². The first-order valence-corrected chi connectivity index (χ1v) is 10.7. The van der Waals surface area contributed by atoms with Gasteiger partial charge in [0.1, 0.15) is 16.3 Å². The molecule has 0 aliphatic rings. The van der Waals surface area contributed by atoms with Gasteiger partial charge in [0.05, 0.1) is 11.5 Å². The third-order valence-corrected chi connectivity index (χ3v) is 5.49. The van der Waals surface area contributed by atoms with Crippen molar-refractivity contribution in [3.63, 3.8) is 0 Å². The van der Waals surface area contributed by atoms with Crippen LogP contribution in [0.1, 0.15) is 28.4 Å². The predicted octanol–water partition coefficient (Wildman–Crippen LogP) is 5.13. The number of non-ortho nitro benzene ring substituents is 1. The summed E-state index contributed by atoms with van der Waals surface area (Å²) >= 11 is 1.14. The maximum atomic E-state index is 12.7. The van der Waals surface area contributed by atoms with E-state index in [9.17, 15) is 19.7 Å². The van der Waals surface area contributed by atoms with E-state index in [1.54, 1.807) is 18.4 Å². The SMILES string of the molecule is CCOC(=O)c1c(-c2cccc([N+](=O)[O-])c2)csc1NC(=O)COc1cc(C)ccc1C. The van der Waals surface area contributed by atoms with Crippen LogP contribution in [-0.2, 0) is 9.53 Å². The zero-order valence-corrected chi connectivity index (χ0v) is 18.7. The Balaban J connectivity index is 1.85. The molecule has 0 atom stereocenters. The maximum Gasteiger partial charge on any atom is 0.341 e. The van der Waals surface area contributed by atoms with E-state index in [2.05, 4.69) is 5.32 Å². The molecule has 9 heteroatoms. The van der Waals surface area contributed by atoms with Crippen LogP contribution < -0.4 is 10.1 Å². The molecule has 8 nitrogen and oxygen atoms in total. The number of benzene rings is 2. The van der Waals surface area contributed by atoms with E-state index in [-0.39, 0.29) is 24.5 Å². The van der Waals surface area contributed by atoms with Crippen molar-refractivity contribution in [1.82, 2.24) is 0 Å². The largest absolute Gasteiger partial charge is 0.483 e. The molecule has 0 aliphatic heterocycles. The van der Waals surface area contributed by atoms with Crippen LogP contribution in [0.5, 0.6) is 5.75 Å². The summed E-state index contributed by atoms with van der Waals surface area (Å²) in [5.74, 6) is -0.459. The van der Waals surface area contributed by atoms with Crippen LogP contribution in [-0.4, -0.2) is 30.0 Å². The zero-order valence-electron chi connectivity index (χ0n) is 17.8. The Morgan fingerprint density at radius 1 is 1.16 bits per heavy atom. The van der Waals surface area contributed by atoms with E-state index < -0.39 is 16.8 Å². The number of nitrogens with one attached hydrogen (secondary N) is 1. The molecule has 3 rings (SSSR count). The van der Waals surface area contributed by atoms with Crippen molar-refractivity contribution in [2.45, 2.75) is 20.8 Å². The fourth-order valence-corrected chi connectivity index (χ4v) is 4.00. The molecule has 0 unspecified atom stereocenters. The number of nitro benzene ring substituents is 1. The van der Waals surface area contributed by atoms with Crippen molar-refractivity contribution in [1.29, 1.82) is 0 Å². The van der Waals surface area contributed by atoms with Crippen molar-refractivity contribution >= 4 is 33.9 Å². The second-order valence-corrected chi connectivity index (χ2v) is 7.87. The maximum absolute atomic E-state index is 12.7. The summed E-state index contributed by atoms with van der Waals surface area (Å²) in [4.78, 5) is 35.8. The first-order valence-electron chi connectivity index (χ1n) is 9.83. The highest BCUT2D eigenvalue weighted by atomic mass is 32.1. The van der Waals surface area contributed by atoms with Gasteiger partial charge >= 0.3 is 5.97 Å². The predicted molar refractivity (Wildman–Crippen MR) is 122 cm³/mol. The highest BCUT2D eigenvalue weighted by molar-refractivity contribution is 7.15. The van der Waals surface area contributed by atoms with E-state index in [0.717, 1.165) is 22.5 Å². The van der Waals surface area contributed by atoms with Gasteiger partial charge in [0.15, 0.2) is 6.61 Å². The van der Waals surface area contributed by atoms with E-state index in [4.69, 9.17) is 9.47 Å². The summed E-state index contributed by atoms with van der Waals surface area (Å²) < 4.78 is 10.8. The van der Waals surface area contributed by atoms with Gasteiger partial charge in [-0.2, -0.15) is 0 Å². The number of carbonyl (C=O) groups is 2. The highest BCUT2D eigenvalue weighted by Gasteiger charge is 2.24. The topological polar surface area (TPSA) is 108 Å². The number of nitro groups is 1. The van der Waals surface area contributed by atoms with E-state index in [0.29, 0.717) is 21.9 Å². The molecular weight excluding hydrogens is 432 g/mol. The van der Waals surface area contributed by atoms with Gasteiger partial charge in [-0.15, -0.1) is 11.3 Å². The Bertz CT molecular complexity index is 1170. The Morgan fingerprint density at radius 2 is 1.94 bits per heavy atom. The van der Waals surface area contributed by atoms with Gasteiger partial charge in [-0.1, -0.05) is 24.3 Å². The normalized spacial score (nSPS) is 10.5. The van der Waals surface area contributed by atoms with Crippen LogP contribution in [0.25, 0.3) is 11.1 Å². The lowest BCUT2D eigenvalue weighted by atomic mass is 10.0. The third-order valence-electron chi connectivity index (χ3n) is 4.59. The second-order valence-electron chi connectivity index (χ2n) is 6.99. The molecule has 1 aromatic heterocycles. The summed E-state index contributed by atoms with van der Waals surface area (Å²) in [6, 6.07) is 11.6. The molecule has 0 fully saturated rings. The molecule has 0 bridgehead atoms. The summed E-state index contributed by atoms with van der Waals surface area (Å²) in [6.45, 7) is 5.39. The van der Waals surface area contributed by atoms with Gasteiger partial charge in [0.2, 0.25) is 0 Å². The zero-order chi connectivity index (χ0) is 23.3. The number of hydrogen-bond donors (Lipinski definition) is 1. The molecule has 0 aliphatic carbocycles. The van der Waals surface area contributed by atoms with E-state index in [1.807, 2.05) is 32.0 Å². The summed E-state index contributed by atoms with van der Waals surface area (Å²) in [7, 11) is 0. The lowest BCUT2D eigenvalue weighted by Gasteiger charge is -2.11. The number of amides is 1. The fraction of sp³-hybridized carbons (Fsp3) is 0.217. The lowest BCUT2D eigenvalue weighted by Crippen LogP contribution is -2.21. The molecule has 0 saturated heterocycles. The first kappa shape index (κ1) is 23.0. The molecule has 1 amide bonds. The number of aryl methyl sites for hydroxylation is 2. The van der Waals surface area contributed by atoms with Crippen LogP contribution in [0.3, 0.4) is 0 Å². The van der Waals surface area contributed by atoms with Gasteiger partial charge in [-0.3, -0.25) is 14.9 Å². The van der Waals surface area contributed by atoms with E-state index >= 15 is 0 Å². The lowest BCUT2D eigenvalue weighted by molar-refractivity contribution is -0.384. The summed E-state index contributed by atoms with van der Waals surface area (Å²) in [5.41, 5.74) is 2.89. The molecule has 0 radical (unpaired) electrons. The molecule has 0 spiro atoms. The van der Waals surface area contributed by atoms with Gasteiger partial charge in [-0.05, 0) is 43.5 Å². The molecule has 32 heavy (non-hydrogen) atoms. The van der Waals surface area contributed by atoms with Crippen molar-refractivity contribution in [3.05, 3.63) is 74.6 Å². The molecule has 0 saturated carbocycles. The fourth-order valence-electron chi connectivity index (χ4n) is 3.02. The average Bonchev–Trinajstić information content (AvgIpc) is 3.18. The summed E-state index contributed by atoms with van der Waals surface area (Å²) in [6.07, 6.45) is 0. The smallest absolute Gasteiger partial charge is 0.341 e. The van der Waals surface area contributed by atoms with Crippen molar-refractivity contribution in [2.75, 3.05) is 18.5 Å². The van der Waals surface area contributed by atoms with Gasteiger partial charge in [-0.25, -0.2) is 4.79 Å². The minimum atomic E-state index is -0.624. The van der Waals surface area contributed by atoms with Gasteiger partial charge in [0.25, 0.3) is 11.6 Å². The quantitative estimate of drug-likeness (QED) is 0.287. The molecule has 166 valence electrons. The summed E-state index contributed by atoms with van der Waals surface area (Å²) in [5, 5.41) is 15.8. The Labute approximate surface area is 188 Å². The van der Waals surface area contributed by atoms with Crippen molar-refractivity contribution < 1.29 is 24.0 Å². The van der Waals surface area contributed by atoms with Crippen molar-refractivity contribution in [2.24, 2.45) is 0 Å². The molecule has 1 N–H and O–H groups in total. The number of anilines is 1. The van der Waals surface area contributed by atoms with Crippen LogP contribution >= 0.6 is 11.3 Å². The minimum Gasteiger partial charge on any atom is -0.483 e. The van der Waals surface area contributed by atoms with Gasteiger partial charge in [0, 0.05) is 23.1 Å². The molecule has 3 aromatic rings. The Kier molecular flexibility index (Phi) is 7.21. The van der Waals surface area contributed by atoms with Crippen LogP contribution in [0.4, 0.5) is 10.7 Å². The first-order chi connectivity index (χ1) is 15.3. The highest BCUT2D eigenvalue weighted by Crippen LogP contribution is 2.37. The molecule has 1 heterocycles.